The van der Waals surface area contributed by atoms with Gasteiger partial charge in [-0.25, -0.2) is 4.79 Å². The predicted molar refractivity (Wildman–Crippen MR) is 54.5 cm³/mol. The molecule has 5 nitrogen and oxygen atoms in total. The second-order valence-electron chi connectivity index (χ2n) is 5.80. The van der Waals surface area contributed by atoms with Crippen molar-refractivity contribution in [1.29, 1.82) is 0 Å². The lowest BCUT2D eigenvalue weighted by molar-refractivity contribution is -0.196. The zero-order valence-electron chi connectivity index (χ0n) is 9.20. The third-order valence-corrected chi connectivity index (χ3v) is 5.22. The van der Waals surface area contributed by atoms with Crippen molar-refractivity contribution in [2.24, 2.45) is 5.92 Å². The van der Waals surface area contributed by atoms with Gasteiger partial charge in [0.1, 0.15) is 6.10 Å². The first-order valence-electron chi connectivity index (χ1n) is 6.29. The van der Waals surface area contributed by atoms with Crippen molar-refractivity contribution in [1.82, 2.24) is 5.06 Å². The van der Waals surface area contributed by atoms with Crippen molar-refractivity contribution >= 4 is 5.97 Å². The molecule has 17 heavy (non-hydrogen) atoms. The molecule has 0 spiro atoms. The standard InChI is InChI=1S/C12H13NO4/c14-7-4-12-5(3-9(15)16-12)10-6-1-2-8(12)13(6)17-11(7)10/h3,6-8,10-11,14H,1-2,4H2/t6-,7?,8+,10+,11+,12?/m0/s1. The number of aliphatic hydroxyl groups excluding tert-OH is 1. The molecule has 4 aliphatic heterocycles. The van der Waals surface area contributed by atoms with Gasteiger partial charge < -0.3 is 9.84 Å². The van der Waals surface area contributed by atoms with Crippen LogP contribution in [0.1, 0.15) is 19.3 Å². The maximum atomic E-state index is 11.6. The van der Waals surface area contributed by atoms with Crippen molar-refractivity contribution < 1.29 is 19.5 Å². The second kappa shape index (κ2) is 2.43. The molecule has 0 amide bonds. The van der Waals surface area contributed by atoms with Gasteiger partial charge in [-0.1, -0.05) is 0 Å². The zero-order valence-corrected chi connectivity index (χ0v) is 9.20. The minimum atomic E-state index is -0.582. The predicted octanol–water partition coefficient (Wildman–Crippen LogP) is -0.250. The Kier molecular flexibility index (Phi) is 1.30. The fourth-order valence-electron chi connectivity index (χ4n) is 4.74. The van der Waals surface area contributed by atoms with Crippen LogP contribution in [0.5, 0.6) is 0 Å². The van der Waals surface area contributed by atoms with Crippen molar-refractivity contribution in [3.8, 4) is 0 Å². The summed E-state index contributed by atoms with van der Waals surface area (Å²) in [5.74, 6) is -0.0869. The molecule has 1 saturated carbocycles. The van der Waals surface area contributed by atoms with Gasteiger partial charge in [0.2, 0.25) is 0 Å². The lowest BCUT2D eigenvalue weighted by Gasteiger charge is -2.47. The number of hydrogen-bond acceptors (Lipinski definition) is 5. The monoisotopic (exact) mass is 235 g/mol. The van der Waals surface area contributed by atoms with E-state index in [1.807, 2.05) is 5.06 Å². The summed E-state index contributed by atoms with van der Waals surface area (Å²) >= 11 is 0. The molecule has 3 saturated heterocycles. The number of nitrogens with zero attached hydrogens (tertiary/aromatic N) is 1. The van der Waals surface area contributed by atoms with Crippen molar-refractivity contribution in [3.63, 3.8) is 0 Å². The summed E-state index contributed by atoms with van der Waals surface area (Å²) in [6.45, 7) is 0. The Hall–Kier alpha value is -0.910. The molecule has 0 aromatic rings. The van der Waals surface area contributed by atoms with E-state index in [1.54, 1.807) is 6.08 Å². The minimum absolute atomic E-state index is 0.114. The highest BCUT2D eigenvalue weighted by Crippen LogP contribution is 2.62. The van der Waals surface area contributed by atoms with Crippen LogP contribution >= 0.6 is 0 Å². The number of piperidine rings is 1. The number of carbonyl (C=O) groups is 1. The molecule has 1 N–H and O–H groups in total. The minimum Gasteiger partial charge on any atom is -0.449 e. The molecule has 1 aliphatic carbocycles. The summed E-state index contributed by atoms with van der Waals surface area (Å²) in [6.07, 6.45) is 3.54. The Bertz CT molecular complexity index is 475. The zero-order chi connectivity index (χ0) is 11.4. The van der Waals surface area contributed by atoms with Crippen LogP contribution in [-0.2, 0) is 14.4 Å². The molecule has 7 atom stereocenters. The normalized spacial score (nSPS) is 61.5. The van der Waals surface area contributed by atoms with Gasteiger partial charge in [-0.3, -0.25) is 4.84 Å². The van der Waals surface area contributed by atoms with E-state index in [-0.39, 0.29) is 24.0 Å². The van der Waals surface area contributed by atoms with Crippen LogP contribution in [0.3, 0.4) is 0 Å². The van der Waals surface area contributed by atoms with E-state index in [1.165, 1.54) is 0 Å². The fraction of sp³-hybridized carbons (Fsp3) is 0.750. The van der Waals surface area contributed by atoms with Crippen molar-refractivity contribution in [2.75, 3.05) is 0 Å². The van der Waals surface area contributed by atoms with Gasteiger partial charge in [-0.15, -0.1) is 0 Å². The van der Waals surface area contributed by atoms with Crippen LogP contribution in [0.4, 0.5) is 0 Å². The number of esters is 1. The highest BCUT2D eigenvalue weighted by Gasteiger charge is 2.73. The van der Waals surface area contributed by atoms with Crippen LogP contribution in [-0.4, -0.2) is 46.0 Å². The van der Waals surface area contributed by atoms with Gasteiger partial charge in [0.25, 0.3) is 0 Å². The third kappa shape index (κ3) is 0.766. The summed E-state index contributed by atoms with van der Waals surface area (Å²) in [7, 11) is 0. The average Bonchev–Trinajstić information content (AvgIpc) is 2.84. The first-order chi connectivity index (χ1) is 8.21. The van der Waals surface area contributed by atoms with Gasteiger partial charge in [0.15, 0.2) is 5.60 Å². The third-order valence-electron chi connectivity index (χ3n) is 5.22. The number of aliphatic hydroxyl groups is 1. The Labute approximate surface area is 97.9 Å². The topological polar surface area (TPSA) is 59.0 Å². The van der Waals surface area contributed by atoms with Crippen LogP contribution in [0, 0.1) is 5.92 Å². The van der Waals surface area contributed by atoms with Crippen LogP contribution in [0.2, 0.25) is 0 Å². The van der Waals surface area contributed by atoms with E-state index in [0.717, 1.165) is 18.4 Å². The van der Waals surface area contributed by atoms with E-state index in [0.29, 0.717) is 12.5 Å². The van der Waals surface area contributed by atoms with Crippen molar-refractivity contribution in [2.45, 2.75) is 49.2 Å². The molecule has 5 heteroatoms. The quantitative estimate of drug-likeness (QED) is 0.587. The number of carbonyl (C=O) groups excluding carboxylic acids is 1. The van der Waals surface area contributed by atoms with E-state index in [2.05, 4.69) is 0 Å². The highest BCUT2D eigenvalue weighted by molar-refractivity contribution is 5.87. The molecular weight excluding hydrogens is 222 g/mol. The largest absolute Gasteiger partial charge is 0.449 e. The maximum absolute atomic E-state index is 11.6. The Morgan fingerprint density at radius 2 is 2.35 bits per heavy atom. The summed E-state index contributed by atoms with van der Waals surface area (Å²) in [5.41, 5.74) is 0.514. The summed E-state index contributed by atoms with van der Waals surface area (Å²) in [4.78, 5) is 17.5. The lowest BCUT2D eigenvalue weighted by atomic mass is 9.66. The summed E-state index contributed by atoms with van der Waals surface area (Å²) < 4.78 is 5.61. The molecule has 90 valence electrons. The van der Waals surface area contributed by atoms with Crippen LogP contribution < -0.4 is 0 Å². The molecule has 0 aromatic carbocycles. The smallest absolute Gasteiger partial charge is 0.331 e. The van der Waals surface area contributed by atoms with Gasteiger partial charge in [-0.2, -0.15) is 5.06 Å². The van der Waals surface area contributed by atoms with Crippen LogP contribution in [0.15, 0.2) is 11.6 Å². The summed E-state index contributed by atoms with van der Waals surface area (Å²) in [6, 6.07) is 0.456. The second-order valence-corrected chi connectivity index (χ2v) is 5.80. The molecule has 0 radical (unpaired) electrons. The Morgan fingerprint density at radius 3 is 3.24 bits per heavy atom. The Morgan fingerprint density at radius 1 is 1.47 bits per heavy atom. The molecule has 4 heterocycles. The molecule has 5 bridgehead atoms. The van der Waals surface area contributed by atoms with Crippen molar-refractivity contribution in [3.05, 3.63) is 11.6 Å². The number of hydrogen-bond donors (Lipinski definition) is 1. The fourth-order valence-corrected chi connectivity index (χ4v) is 4.74. The lowest BCUT2D eigenvalue weighted by Crippen LogP contribution is -2.60. The van der Waals surface area contributed by atoms with Crippen LogP contribution in [0.25, 0.3) is 0 Å². The molecule has 5 rings (SSSR count). The molecular formula is C12H13NO4. The molecule has 0 aromatic heterocycles. The number of ether oxygens (including phenoxy) is 1. The number of hydroxylamine groups is 2. The van der Waals surface area contributed by atoms with Gasteiger partial charge in [0, 0.05) is 24.5 Å². The Balaban J connectivity index is 1.80. The van der Waals surface area contributed by atoms with Gasteiger partial charge in [0.05, 0.1) is 12.1 Å². The van der Waals surface area contributed by atoms with E-state index in [9.17, 15) is 9.90 Å². The van der Waals surface area contributed by atoms with E-state index >= 15 is 0 Å². The summed E-state index contributed by atoms with van der Waals surface area (Å²) in [5, 5.41) is 12.2. The maximum Gasteiger partial charge on any atom is 0.331 e. The highest BCUT2D eigenvalue weighted by atomic mass is 16.7. The average molecular weight is 235 g/mol. The van der Waals surface area contributed by atoms with E-state index in [4.69, 9.17) is 9.57 Å². The molecule has 4 fully saturated rings. The SMILES string of the molecule is O=C1C=C2[C@H]3[C@@H]4ON5[C@H]3CC[C@@H]5C2(CC4O)O1. The van der Waals surface area contributed by atoms with E-state index < -0.39 is 11.7 Å². The molecule has 3 unspecified atom stereocenters. The van der Waals surface area contributed by atoms with Gasteiger partial charge in [-0.05, 0) is 18.4 Å². The first-order valence-corrected chi connectivity index (χ1v) is 6.29. The molecule has 5 aliphatic rings. The first kappa shape index (κ1) is 9.08. The number of rotatable bonds is 0. The van der Waals surface area contributed by atoms with Gasteiger partial charge >= 0.3 is 5.97 Å².